The van der Waals surface area contributed by atoms with E-state index in [2.05, 4.69) is 15.9 Å². The highest BCUT2D eigenvalue weighted by atomic mass is 79.9. The van der Waals surface area contributed by atoms with Crippen molar-refractivity contribution in [1.82, 2.24) is 0 Å². The fourth-order valence-corrected chi connectivity index (χ4v) is 2.21. The van der Waals surface area contributed by atoms with Crippen LogP contribution in [0.4, 0.5) is 0 Å². The third-order valence-electron chi connectivity index (χ3n) is 2.25. The van der Waals surface area contributed by atoms with E-state index in [4.69, 9.17) is 21.1 Å². The lowest BCUT2D eigenvalue weighted by Gasteiger charge is -2.19. The zero-order valence-electron chi connectivity index (χ0n) is 8.46. The molecule has 2 rings (SSSR count). The van der Waals surface area contributed by atoms with Crippen molar-refractivity contribution in [1.29, 1.82) is 0 Å². The van der Waals surface area contributed by atoms with E-state index in [1.165, 1.54) is 0 Å². The van der Waals surface area contributed by atoms with Crippen molar-refractivity contribution in [2.75, 3.05) is 19.1 Å². The Morgan fingerprint density at radius 2 is 1.94 bits per heavy atom. The third kappa shape index (κ3) is 2.33. The average Bonchev–Trinajstić information content (AvgIpc) is 2.28. The predicted octanol–water partition coefficient (Wildman–Crippen LogP) is 3.03. The summed E-state index contributed by atoms with van der Waals surface area (Å²) < 4.78 is 11.5. The molecule has 16 heavy (non-hydrogen) atoms. The van der Waals surface area contributed by atoms with Gasteiger partial charge in [0.15, 0.2) is 17.3 Å². The number of halogens is 2. The molecule has 0 radical (unpaired) electrons. The van der Waals surface area contributed by atoms with Gasteiger partial charge in [-0.05, 0) is 28.1 Å². The minimum atomic E-state index is -0.00107. The van der Waals surface area contributed by atoms with Gasteiger partial charge in [0.25, 0.3) is 0 Å². The van der Waals surface area contributed by atoms with Crippen molar-refractivity contribution >= 4 is 33.3 Å². The summed E-state index contributed by atoms with van der Waals surface area (Å²) in [4.78, 5) is 11.7. The van der Waals surface area contributed by atoms with Crippen LogP contribution < -0.4 is 9.47 Å². The largest absolute Gasteiger partial charge is 0.486 e. The zero-order chi connectivity index (χ0) is 11.5. The van der Waals surface area contributed by atoms with E-state index in [1.54, 1.807) is 12.1 Å². The molecule has 1 aliphatic heterocycles. The number of ether oxygens (including phenoxy) is 2. The Kier molecular flexibility index (Phi) is 3.71. The molecule has 86 valence electrons. The molecule has 0 atom stereocenters. The molecule has 0 unspecified atom stereocenters. The van der Waals surface area contributed by atoms with E-state index in [0.29, 0.717) is 47.0 Å². The number of hydrogen-bond donors (Lipinski definition) is 0. The molecule has 0 N–H and O–H groups in total. The van der Waals surface area contributed by atoms with Gasteiger partial charge in [-0.3, -0.25) is 4.79 Å². The normalized spacial score (nSPS) is 13.6. The highest BCUT2D eigenvalue weighted by Crippen LogP contribution is 2.35. The number of ketones is 1. The monoisotopic (exact) mass is 304 g/mol. The summed E-state index contributed by atoms with van der Waals surface area (Å²) in [6, 6.07) is 3.46. The fraction of sp³-hybridized carbons (Fsp3) is 0.364. The van der Waals surface area contributed by atoms with Gasteiger partial charge >= 0.3 is 0 Å². The molecule has 1 aromatic carbocycles. The summed E-state index contributed by atoms with van der Waals surface area (Å²) in [6.45, 7) is 1.05. The summed E-state index contributed by atoms with van der Waals surface area (Å²) >= 11 is 8.90. The Bertz CT molecular complexity index is 420. The van der Waals surface area contributed by atoms with Crippen LogP contribution in [0.5, 0.6) is 11.5 Å². The van der Waals surface area contributed by atoms with Gasteiger partial charge in [0.05, 0.1) is 0 Å². The first-order valence-corrected chi connectivity index (χ1v) is 6.23. The first kappa shape index (κ1) is 11.7. The molecule has 1 aromatic rings. The molecule has 0 fully saturated rings. The molecule has 0 aliphatic carbocycles. The second-order valence-corrected chi connectivity index (χ2v) is 4.57. The van der Waals surface area contributed by atoms with Gasteiger partial charge in [0, 0.05) is 22.3 Å². The van der Waals surface area contributed by atoms with Crippen molar-refractivity contribution in [2.45, 2.75) is 6.42 Å². The molecule has 0 bridgehead atoms. The van der Waals surface area contributed by atoms with E-state index in [1.807, 2.05) is 0 Å². The lowest BCUT2D eigenvalue weighted by atomic mass is 10.1. The molecule has 0 aromatic heterocycles. The summed E-state index contributed by atoms with van der Waals surface area (Å²) in [5, 5.41) is 0. The Hall–Kier alpha value is -0.740. The number of fused-ring (bicyclic) bond motifs is 1. The first-order valence-electron chi connectivity index (χ1n) is 4.90. The maximum absolute atomic E-state index is 11.7. The van der Waals surface area contributed by atoms with Gasteiger partial charge in [-0.1, -0.05) is 0 Å². The van der Waals surface area contributed by atoms with Crippen molar-refractivity contribution in [3.63, 3.8) is 0 Å². The van der Waals surface area contributed by atoms with E-state index >= 15 is 0 Å². The SMILES string of the molecule is O=C(CCCl)c1cc2c(cc1Br)OCCO2. The molecular weight excluding hydrogens is 295 g/mol. The quantitative estimate of drug-likeness (QED) is 0.636. The van der Waals surface area contributed by atoms with E-state index in [0.717, 1.165) is 0 Å². The van der Waals surface area contributed by atoms with Gasteiger partial charge in [-0.2, -0.15) is 0 Å². The molecule has 1 heterocycles. The molecular formula is C11H10BrClO3. The number of benzene rings is 1. The first-order chi connectivity index (χ1) is 7.72. The molecule has 3 nitrogen and oxygen atoms in total. The summed E-state index contributed by atoms with van der Waals surface area (Å²) in [5.41, 5.74) is 0.588. The number of carbonyl (C=O) groups is 1. The number of carbonyl (C=O) groups excluding carboxylic acids is 1. The Balaban J connectivity index is 2.35. The molecule has 0 amide bonds. The number of hydrogen-bond acceptors (Lipinski definition) is 3. The van der Waals surface area contributed by atoms with Crippen LogP contribution in [-0.4, -0.2) is 24.9 Å². The van der Waals surface area contributed by atoms with Gasteiger partial charge in [0.1, 0.15) is 13.2 Å². The second-order valence-electron chi connectivity index (χ2n) is 3.34. The van der Waals surface area contributed by atoms with Gasteiger partial charge in [-0.25, -0.2) is 0 Å². The molecule has 0 saturated carbocycles. The van der Waals surface area contributed by atoms with Crippen molar-refractivity contribution in [3.8, 4) is 11.5 Å². The van der Waals surface area contributed by atoms with Crippen molar-refractivity contribution < 1.29 is 14.3 Å². The molecule has 0 saturated heterocycles. The zero-order valence-corrected chi connectivity index (χ0v) is 10.8. The Morgan fingerprint density at radius 1 is 1.31 bits per heavy atom. The van der Waals surface area contributed by atoms with E-state index in [9.17, 15) is 4.79 Å². The van der Waals surface area contributed by atoms with Gasteiger partial charge in [0.2, 0.25) is 0 Å². The highest BCUT2D eigenvalue weighted by Gasteiger charge is 2.18. The predicted molar refractivity (Wildman–Crippen MR) is 64.8 cm³/mol. The second kappa shape index (κ2) is 5.06. The lowest BCUT2D eigenvalue weighted by molar-refractivity contribution is 0.0987. The summed E-state index contributed by atoms with van der Waals surface area (Å²) in [6.07, 6.45) is 0.319. The minimum absolute atomic E-state index is 0.00107. The van der Waals surface area contributed by atoms with Crippen LogP contribution in [0.1, 0.15) is 16.8 Å². The fourth-order valence-electron chi connectivity index (χ4n) is 1.50. The van der Waals surface area contributed by atoms with Crippen LogP contribution in [0.25, 0.3) is 0 Å². The van der Waals surface area contributed by atoms with Crippen molar-refractivity contribution in [3.05, 3.63) is 22.2 Å². The van der Waals surface area contributed by atoms with Crippen molar-refractivity contribution in [2.24, 2.45) is 0 Å². The number of rotatable bonds is 3. The maximum Gasteiger partial charge on any atom is 0.165 e. The standard InChI is InChI=1S/C11H10BrClO3/c12-8-6-11-10(15-3-4-16-11)5-7(8)9(14)1-2-13/h5-6H,1-4H2. The minimum Gasteiger partial charge on any atom is -0.486 e. The average molecular weight is 306 g/mol. The maximum atomic E-state index is 11.7. The van der Waals surface area contributed by atoms with Crippen LogP contribution in [0, 0.1) is 0 Å². The third-order valence-corrected chi connectivity index (χ3v) is 3.10. The van der Waals surface area contributed by atoms with Gasteiger partial charge < -0.3 is 9.47 Å². The lowest BCUT2D eigenvalue weighted by Crippen LogP contribution is -2.16. The molecule has 1 aliphatic rings. The Labute approximate surface area is 107 Å². The summed E-state index contributed by atoms with van der Waals surface area (Å²) in [7, 11) is 0. The van der Waals surface area contributed by atoms with Crippen LogP contribution in [-0.2, 0) is 0 Å². The topological polar surface area (TPSA) is 35.5 Å². The molecule has 0 spiro atoms. The smallest absolute Gasteiger partial charge is 0.165 e. The molecule has 5 heteroatoms. The highest BCUT2D eigenvalue weighted by molar-refractivity contribution is 9.10. The van der Waals surface area contributed by atoms with Crippen LogP contribution in [0.2, 0.25) is 0 Å². The van der Waals surface area contributed by atoms with Crippen LogP contribution in [0.3, 0.4) is 0 Å². The van der Waals surface area contributed by atoms with Crippen LogP contribution in [0.15, 0.2) is 16.6 Å². The summed E-state index contributed by atoms with van der Waals surface area (Å²) in [5.74, 6) is 1.60. The number of Topliss-reactive ketones (excluding diaryl/α,β-unsaturated/α-hetero) is 1. The van der Waals surface area contributed by atoms with E-state index in [-0.39, 0.29) is 5.78 Å². The van der Waals surface area contributed by atoms with E-state index < -0.39 is 0 Å². The van der Waals surface area contributed by atoms with Crippen LogP contribution >= 0.6 is 27.5 Å². The van der Waals surface area contributed by atoms with Gasteiger partial charge in [-0.15, -0.1) is 11.6 Å². The Morgan fingerprint density at radius 3 is 2.56 bits per heavy atom. The number of alkyl halides is 1.